The molecule has 0 unspecified atom stereocenters. The average molecular weight is 529 g/mol. The minimum Gasteiger partial charge on any atom is -0.482 e. The highest BCUT2D eigenvalue weighted by molar-refractivity contribution is 5.98. The number of nitrogens with zero attached hydrogens (tertiary/aromatic N) is 4. The van der Waals surface area contributed by atoms with Crippen molar-refractivity contribution in [2.24, 2.45) is 0 Å². The van der Waals surface area contributed by atoms with Gasteiger partial charge in [0.1, 0.15) is 5.75 Å². The lowest BCUT2D eigenvalue weighted by molar-refractivity contribution is -0.384. The lowest BCUT2D eigenvalue weighted by Gasteiger charge is -2.36. The Hall–Kier alpha value is -4.40. The Morgan fingerprint density at radius 1 is 0.974 bits per heavy atom. The van der Waals surface area contributed by atoms with Crippen LogP contribution in [-0.2, 0) is 16.8 Å². The summed E-state index contributed by atoms with van der Waals surface area (Å²) in [5.41, 5.74) is 4.20. The van der Waals surface area contributed by atoms with E-state index < -0.39 is 4.92 Å². The monoisotopic (exact) mass is 528 g/mol. The van der Waals surface area contributed by atoms with Crippen LogP contribution in [0.15, 0.2) is 66.7 Å². The summed E-state index contributed by atoms with van der Waals surface area (Å²) in [4.78, 5) is 42.4. The maximum atomic E-state index is 13.4. The van der Waals surface area contributed by atoms with Crippen LogP contribution in [0.2, 0.25) is 0 Å². The van der Waals surface area contributed by atoms with Crippen molar-refractivity contribution >= 4 is 28.9 Å². The molecule has 0 aromatic heterocycles. The van der Waals surface area contributed by atoms with Crippen LogP contribution in [0.4, 0.5) is 17.1 Å². The molecule has 9 nitrogen and oxygen atoms in total. The fourth-order valence-electron chi connectivity index (χ4n) is 4.96. The van der Waals surface area contributed by atoms with Crippen LogP contribution in [0.1, 0.15) is 42.3 Å². The molecule has 9 heteroatoms. The Balaban J connectivity index is 1.27. The number of hydrogen-bond donors (Lipinski definition) is 0. The van der Waals surface area contributed by atoms with Crippen molar-refractivity contribution in [2.75, 3.05) is 42.6 Å². The van der Waals surface area contributed by atoms with Crippen LogP contribution < -0.4 is 14.5 Å². The summed E-state index contributed by atoms with van der Waals surface area (Å²) in [5.74, 6) is 0.511. The summed E-state index contributed by atoms with van der Waals surface area (Å²) >= 11 is 0. The summed E-state index contributed by atoms with van der Waals surface area (Å²) in [6.45, 7) is 9.09. The van der Waals surface area contributed by atoms with Crippen LogP contribution in [0.3, 0.4) is 0 Å². The predicted molar refractivity (Wildman–Crippen MR) is 149 cm³/mol. The number of piperazine rings is 1. The molecular weight excluding hydrogens is 496 g/mol. The van der Waals surface area contributed by atoms with E-state index in [1.54, 1.807) is 23.1 Å². The van der Waals surface area contributed by atoms with Gasteiger partial charge in [-0.2, -0.15) is 0 Å². The molecule has 2 amide bonds. The van der Waals surface area contributed by atoms with Crippen molar-refractivity contribution in [3.8, 4) is 5.75 Å². The fraction of sp³-hybridized carbons (Fsp3) is 0.333. The normalized spacial score (nSPS) is 15.6. The smallest absolute Gasteiger partial charge is 0.269 e. The first-order valence-corrected chi connectivity index (χ1v) is 13.1. The molecule has 0 atom stereocenters. The first kappa shape index (κ1) is 26.2. The maximum absolute atomic E-state index is 13.4. The molecule has 1 saturated heterocycles. The first-order valence-electron chi connectivity index (χ1n) is 13.1. The molecule has 3 aromatic carbocycles. The molecule has 3 aromatic rings. The molecule has 2 aliphatic heterocycles. The Labute approximate surface area is 227 Å². The zero-order chi connectivity index (χ0) is 27.7. The molecule has 0 bridgehead atoms. The van der Waals surface area contributed by atoms with E-state index in [1.807, 2.05) is 41.3 Å². The first-order chi connectivity index (χ1) is 18.6. The largest absolute Gasteiger partial charge is 0.482 e. The third-order valence-electron chi connectivity index (χ3n) is 7.28. The van der Waals surface area contributed by atoms with E-state index in [0.29, 0.717) is 44.0 Å². The van der Waals surface area contributed by atoms with E-state index in [1.165, 1.54) is 12.1 Å². The molecule has 0 N–H and O–H groups in total. The van der Waals surface area contributed by atoms with Crippen LogP contribution >= 0.6 is 0 Å². The van der Waals surface area contributed by atoms with E-state index in [-0.39, 0.29) is 29.5 Å². The van der Waals surface area contributed by atoms with E-state index in [4.69, 9.17) is 4.74 Å². The number of nitro groups is 1. The maximum Gasteiger partial charge on any atom is 0.269 e. The van der Waals surface area contributed by atoms with Crippen molar-refractivity contribution in [1.82, 2.24) is 4.90 Å². The third kappa shape index (κ3) is 5.57. The molecule has 2 heterocycles. The third-order valence-corrected chi connectivity index (χ3v) is 7.28. The number of fused-ring (bicyclic) bond motifs is 1. The van der Waals surface area contributed by atoms with E-state index in [0.717, 1.165) is 22.5 Å². The van der Waals surface area contributed by atoms with Gasteiger partial charge < -0.3 is 19.4 Å². The van der Waals surface area contributed by atoms with Gasteiger partial charge in [0.2, 0.25) is 0 Å². The summed E-state index contributed by atoms with van der Waals surface area (Å²) < 4.78 is 5.68. The Morgan fingerprint density at radius 3 is 2.36 bits per heavy atom. The molecule has 0 saturated carbocycles. The van der Waals surface area contributed by atoms with E-state index >= 15 is 0 Å². The van der Waals surface area contributed by atoms with Gasteiger partial charge in [0.15, 0.2) is 6.61 Å². The predicted octanol–water partition coefficient (Wildman–Crippen LogP) is 4.78. The number of rotatable bonds is 5. The minimum atomic E-state index is -0.411. The molecule has 1 fully saturated rings. The van der Waals surface area contributed by atoms with Gasteiger partial charge in [-0.05, 0) is 52.9 Å². The summed E-state index contributed by atoms with van der Waals surface area (Å²) in [7, 11) is 0. The van der Waals surface area contributed by atoms with Crippen molar-refractivity contribution in [3.63, 3.8) is 0 Å². The number of carbonyl (C=O) groups excluding carboxylic acids is 2. The van der Waals surface area contributed by atoms with Crippen LogP contribution in [0.25, 0.3) is 0 Å². The van der Waals surface area contributed by atoms with Crippen LogP contribution in [0.5, 0.6) is 5.75 Å². The quantitative estimate of drug-likeness (QED) is 0.349. The summed E-state index contributed by atoms with van der Waals surface area (Å²) in [5, 5.41) is 10.9. The van der Waals surface area contributed by atoms with Gasteiger partial charge in [-0.25, -0.2) is 0 Å². The number of carbonyl (C=O) groups is 2. The van der Waals surface area contributed by atoms with Crippen molar-refractivity contribution in [3.05, 3.63) is 93.5 Å². The number of amides is 2. The van der Waals surface area contributed by atoms with Gasteiger partial charge in [0, 0.05) is 49.6 Å². The van der Waals surface area contributed by atoms with Crippen LogP contribution in [0, 0.1) is 10.1 Å². The number of benzene rings is 3. The topological polar surface area (TPSA) is 96.2 Å². The highest BCUT2D eigenvalue weighted by atomic mass is 16.6. The van der Waals surface area contributed by atoms with Gasteiger partial charge in [-0.1, -0.05) is 39.0 Å². The fourth-order valence-corrected chi connectivity index (χ4v) is 4.96. The highest BCUT2D eigenvalue weighted by Gasteiger charge is 2.28. The molecule has 202 valence electrons. The molecule has 2 aliphatic rings. The molecule has 39 heavy (non-hydrogen) atoms. The lowest BCUT2D eigenvalue weighted by atomic mass is 9.86. The number of non-ortho nitro benzene ring substituents is 1. The SMILES string of the molecule is CC(C)(C)c1ccc2c(c1)N(Cc1cccc(C(=O)N3CCN(c4ccc([N+](=O)[O-])cc4)CC3)c1)C(=O)CO2. The number of hydrogen-bond acceptors (Lipinski definition) is 6. The average Bonchev–Trinajstić information content (AvgIpc) is 2.94. The Morgan fingerprint density at radius 2 is 1.69 bits per heavy atom. The molecule has 0 aliphatic carbocycles. The summed E-state index contributed by atoms with van der Waals surface area (Å²) in [6.07, 6.45) is 0. The second-order valence-electron chi connectivity index (χ2n) is 11.0. The second-order valence-corrected chi connectivity index (χ2v) is 11.0. The van der Waals surface area contributed by atoms with Crippen molar-refractivity contribution in [2.45, 2.75) is 32.7 Å². The molecular formula is C30H32N4O5. The zero-order valence-electron chi connectivity index (χ0n) is 22.4. The Bertz CT molecular complexity index is 1410. The van der Waals surface area contributed by atoms with Gasteiger partial charge in [-0.3, -0.25) is 19.7 Å². The number of anilines is 2. The molecule has 5 rings (SSSR count). The standard InChI is InChI=1S/C30H32N4O5/c1-30(2,3)23-7-12-27-26(18-23)33(28(35)20-39-27)19-21-5-4-6-22(17-21)29(36)32-15-13-31(14-16-32)24-8-10-25(11-9-24)34(37)38/h4-12,17-18H,13-16,19-20H2,1-3H3. The molecule has 0 spiro atoms. The van der Waals surface area contributed by atoms with Gasteiger partial charge in [-0.15, -0.1) is 0 Å². The van der Waals surface area contributed by atoms with Crippen molar-refractivity contribution < 1.29 is 19.2 Å². The Kier molecular flexibility index (Phi) is 6.99. The van der Waals surface area contributed by atoms with E-state index in [2.05, 4.69) is 25.7 Å². The van der Waals surface area contributed by atoms with Crippen LogP contribution in [-0.4, -0.2) is 54.4 Å². The number of ether oxygens (including phenoxy) is 1. The molecule has 0 radical (unpaired) electrons. The zero-order valence-corrected chi connectivity index (χ0v) is 22.4. The van der Waals surface area contributed by atoms with E-state index in [9.17, 15) is 19.7 Å². The highest BCUT2D eigenvalue weighted by Crippen LogP contribution is 2.37. The minimum absolute atomic E-state index is 0.0144. The van der Waals surface area contributed by atoms with Crippen molar-refractivity contribution in [1.29, 1.82) is 0 Å². The summed E-state index contributed by atoms with van der Waals surface area (Å²) in [6, 6.07) is 19.9. The number of nitro benzene ring substituents is 1. The lowest BCUT2D eigenvalue weighted by Crippen LogP contribution is -2.48. The second kappa shape index (κ2) is 10.4. The van der Waals surface area contributed by atoms with Gasteiger partial charge >= 0.3 is 0 Å². The van der Waals surface area contributed by atoms with Gasteiger partial charge in [0.05, 0.1) is 17.2 Å². The van der Waals surface area contributed by atoms with Gasteiger partial charge in [0.25, 0.3) is 17.5 Å².